The highest BCUT2D eigenvalue weighted by molar-refractivity contribution is 5.86. The van der Waals surface area contributed by atoms with Crippen LogP contribution in [0.25, 0.3) is 10.9 Å². The van der Waals surface area contributed by atoms with Crippen molar-refractivity contribution in [1.29, 1.82) is 0 Å². The van der Waals surface area contributed by atoms with Gasteiger partial charge in [0.25, 0.3) is 0 Å². The molecule has 0 spiro atoms. The molecule has 1 N–H and O–H groups in total. The van der Waals surface area contributed by atoms with Gasteiger partial charge in [0.1, 0.15) is 11.5 Å². The first-order chi connectivity index (χ1) is 8.19. The van der Waals surface area contributed by atoms with E-state index in [0.29, 0.717) is 16.9 Å². The summed E-state index contributed by atoms with van der Waals surface area (Å²) in [5.41, 5.74) is 1.61. The SMILES string of the molecule is CCc1cc(=O)c2c(OC)cc(OC)cc2[nH]1. The second-order valence-corrected chi connectivity index (χ2v) is 3.76. The molecule has 1 heterocycles. The summed E-state index contributed by atoms with van der Waals surface area (Å²) in [6, 6.07) is 5.12. The third-order valence-electron chi connectivity index (χ3n) is 2.76. The number of ether oxygens (including phenoxy) is 2. The van der Waals surface area contributed by atoms with E-state index in [2.05, 4.69) is 4.98 Å². The van der Waals surface area contributed by atoms with Crippen LogP contribution in [0.15, 0.2) is 23.0 Å². The Bertz CT molecular complexity index is 596. The second kappa shape index (κ2) is 4.49. The summed E-state index contributed by atoms with van der Waals surface area (Å²) >= 11 is 0. The Morgan fingerprint density at radius 3 is 2.53 bits per heavy atom. The Morgan fingerprint density at radius 1 is 1.18 bits per heavy atom. The molecule has 17 heavy (non-hydrogen) atoms. The fraction of sp³-hybridized carbons (Fsp3) is 0.308. The van der Waals surface area contributed by atoms with E-state index in [1.807, 2.05) is 6.92 Å². The van der Waals surface area contributed by atoms with Gasteiger partial charge in [-0.05, 0) is 6.42 Å². The van der Waals surface area contributed by atoms with Gasteiger partial charge >= 0.3 is 0 Å². The maximum absolute atomic E-state index is 12.0. The van der Waals surface area contributed by atoms with Gasteiger partial charge < -0.3 is 14.5 Å². The molecular formula is C13H15NO3. The molecule has 0 radical (unpaired) electrons. The van der Waals surface area contributed by atoms with Crippen molar-refractivity contribution in [2.45, 2.75) is 13.3 Å². The summed E-state index contributed by atoms with van der Waals surface area (Å²) in [5, 5.41) is 0.561. The maximum Gasteiger partial charge on any atom is 0.193 e. The molecule has 0 saturated heterocycles. The van der Waals surface area contributed by atoms with Crippen molar-refractivity contribution >= 4 is 10.9 Å². The highest BCUT2D eigenvalue weighted by atomic mass is 16.5. The molecule has 0 fully saturated rings. The fourth-order valence-electron chi connectivity index (χ4n) is 1.85. The molecule has 90 valence electrons. The summed E-state index contributed by atoms with van der Waals surface area (Å²) < 4.78 is 10.4. The zero-order chi connectivity index (χ0) is 12.4. The Labute approximate surface area is 99.2 Å². The molecule has 2 rings (SSSR count). The molecule has 4 nitrogen and oxygen atoms in total. The largest absolute Gasteiger partial charge is 0.497 e. The number of aromatic amines is 1. The second-order valence-electron chi connectivity index (χ2n) is 3.76. The first kappa shape index (κ1) is 11.5. The minimum Gasteiger partial charge on any atom is -0.497 e. The number of hydrogen-bond acceptors (Lipinski definition) is 3. The van der Waals surface area contributed by atoms with Crippen molar-refractivity contribution in [3.63, 3.8) is 0 Å². The quantitative estimate of drug-likeness (QED) is 0.883. The van der Waals surface area contributed by atoms with E-state index in [-0.39, 0.29) is 5.43 Å². The Balaban J connectivity index is 2.84. The summed E-state index contributed by atoms with van der Waals surface area (Å²) in [7, 11) is 3.13. The van der Waals surface area contributed by atoms with Crippen LogP contribution in [0.2, 0.25) is 0 Å². The van der Waals surface area contributed by atoms with Crippen molar-refractivity contribution in [2.24, 2.45) is 0 Å². The molecule has 0 atom stereocenters. The molecule has 0 bridgehead atoms. The normalized spacial score (nSPS) is 10.5. The highest BCUT2D eigenvalue weighted by Gasteiger charge is 2.09. The van der Waals surface area contributed by atoms with Crippen molar-refractivity contribution in [1.82, 2.24) is 4.98 Å². The highest BCUT2D eigenvalue weighted by Crippen LogP contribution is 2.27. The first-order valence-corrected chi connectivity index (χ1v) is 5.47. The molecule has 0 aliphatic carbocycles. The minimum atomic E-state index is -0.0323. The smallest absolute Gasteiger partial charge is 0.193 e. The summed E-state index contributed by atoms with van der Waals surface area (Å²) in [5.74, 6) is 1.20. The zero-order valence-electron chi connectivity index (χ0n) is 10.2. The van der Waals surface area contributed by atoms with E-state index >= 15 is 0 Å². The number of rotatable bonds is 3. The van der Waals surface area contributed by atoms with Crippen molar-refractivity contribution in [3.05, 3.63) is 34.1 Å². The van der Waals surface area contributed by atoms with Crippen molar-refractivity contribution in [3.8, 4) is 11.5 Å². The van der Waals surface area contributed by atoms with Crippen molar-refractivity contribution in [2.75, 3.05) is 14.2 Å². The Kier molecular flexibility index (Phi) is 3.04. The molecule has 4 heteroatoms. The Hall–Kier alpha value is -1.97. The van der Waals surface area contributed by atoms with Crippen LogP contribution in [-0.4, -0.2) is 19.2 Å². The third kappa shape index (κ3) is 1.98. The number of nitrogens with one attached hydrogen (secondary N) is 1. The van der Waals surface area contributed by atoms with Gasteiger partial charge in [-0.15, -0.1) is 0 Å². The maximum atomic E-state index is 12.0. The zero-order valence-corrected chi connectivity index (χ0v) is 10.2. The monoisotopic (exact) mass is 233 g/mol. The minimum absolute atomic E-state index is 0.0323. The molecule has 1 aromatic heterocycles. The molecule has 0 aliphatic rings. The van der Waals surface area contributed by atoms with Gasteiger partial charge in [-0.1, -0.05) is 6.92 Å². The van der Waals surface area contributed by atoms with Gasteiger partial charge in [-0.2, -0.15) is 0 Å². The molecule has 0 unspecified atom stereocenters. The van der Waals surface area contributed by atoms with Crippen molar-refractivity contribution < 1.29 is 9.47 Å². The average Bonchev–Trinajstić information content (AvgIpc) is 2.36. The summed E-state index contributed by atoms with van der Waals surface area (Å²) in [6.07, 6.45) is 0.782. The van der Waals surface area contributed by atoms with Crippen LogP contribution in [0.3, 0.4) is 0 Å². The van der Waals surface area contributed by atoms with Crippen LogP contribution in [0, 0.1) is 0 Å². The number of fused-ring (bicyclic) bond motifs is 1. The van der Waals surface area contributed by atoms with Crippen LogP contribution in [0.1, 0.15) is 12.6 Å². The van der Waals surface area contributed by atoms with Gasteiger partial charge in [0, 0.05) is 23.9 Å². The lowest BCUT2D eigenvalue weighted by atomic mass is 10.1. The molecule has 2 aromatic rings. The van der Waals surface area contributed by atoms with Gasteiger partial charge in [-0.25, -0.2) is 0 Å². The molecule has 0 aliphatic heterocycles. The number of methoxy groups -OCH3 is 2. The number of aromatic nitrogens is 1. The van der Waals surface area contributed by atoms with E-state index in [4.69, 9.17) is 9.47 Å². The molecule has 0 saturated carbocycles. The summed E-state index contributed by atoms with van der Waals surface area (Å²) in [6.45, 7) is 1.99. The average molecular weight is 233 g/mol. The topological polar surface area (TPSA) is 51.3 Å². The van der Waals surface area contributed by atoms with Gasteiger partial charge in [0.2, 0.25) is 0 Å². The van der Waals surface area contributed by atoms with Crippen LogP contribution in [0.5, 0.6) is 11.5 Å². The first-order valence-electron chi connectivity index (χ1n) is 5.47. The fourth-order valence-corrected chi connectivity index (χ4v) is 1.85. The van der Waals surface area contributed by atoms with Crippen LogP contribution in [0.4, 0.5) is 0 Å². The number of hydrogen-bond donors (Lipinski definition) is 1. The predicted octanol–water partition coefficient (Wildman–Crippen LogP) is 2.11. The number of pyridine rings is 1. The number of aryl methyl sites for hydroxylation is 1. The predicted molar refractivity (Wildman–Crippen MR) is 67.1 cm³/mol. The molecule has 1 aromatic carbocycles. The van der Waals surface area contributed by atoms with E-state index in [9.17, 15) is 4.79 Å². The van der Waals surface area contributed by atoms with Gasteiger partial charge in [0.05, 0.1) is 25.1 Å². The van der Waals surface area contributed by atoms with E-state index in [1.165, 1.54) is 0 Å². The van der Waals surface area contributed by atoms with Crippen LogP contribution in [-0.2, 0) is 6.42 Å². The lowest BCUT2D eigenvalue weighted by molar-refractivity contribution is 0.397. The third-order valence-corrected chi connectivity index (χ3v) is 2.76. The van der Waals surface area contributed by atoms with E-state index in [0.717, 1.165) is 17.6 Å². The van der Waals surface area contributed by atoms with Crippen LogP contribution < -0.4 is 14.9 Å². The standard InChI is InChI=1S/C13H15NO3/c1-4-8-5-11(15)13-10(14-8)6-9(16-2)7-12(13)17-3/h5-7H,4H2,1-3H3,(H,14,15). The lowest BCUT2D eigenvalue weighted by Crippen LogP contribution is -2.06. The Morgan fingerprint density at radius 2 is 1.94 bits per heavy atom. The molecular weight excluding hydrogens is 218 g/mol. The lowest BCUT2D eigenvalue weighted by Gasteiger charge is -2.09. The van der Waals surface area contributed by atoms with Gasteiger partial charge in [0.15, 0.2) is 5.43 Å². The van der Waals surface area contributed by atoms with Gasteiger partial charge in [-0.3, -0.25) is 4.79 Å². The van der Waals surface area contributed by atoms with E-state index < -0.39 is 0 Å². The summed E-state index contributed by atoms with van der Waals surface area (Å²) in [4.78, 5) is 15.2. The van der Waals surface area contributed by atoms with E-state index in [1.54, 1.807) is 32.4 Å². The van der Waals surface area contributed by atoms with Crippen LogP contribution >= 0.6 is 0 Å². The number of benzene rings is 1. The molecule has 0 amide bonds. The number of H-pyrrole nitrogens is 1.